The predicted molar refractivity (Wildman–Crippen MR) is 89.3 cm³/mol. The van der Waals surface area contributed by atoms with Crippen LogP contribution in [0.2, 0.25) is 0 Å². The summed E-state index contributed by atoms with van der Waals surface area (Å²) in [5, 5.41) is 11.6. The topological polar surface area (TPSA) is 109 Å². The number of carbonyl (C=O) groups is 2. The zero-order chi connectivity index (χ0) is 18.7. The summed E-state index contributed by atoms with van der Waals surface area (Å²) in [4.78, 5) is 35.4. The van der Waals surface area contributed by atoms with Crippen LogP contribution in [0.3, 0.4) is 0 Å². The number of amides is 2. The Hall–Kier alpha value is -3.52. The van der Waals surface area contributed by atoms with Gasteiger partial charge in [-0.3, -0.25) is 14.8 Å². The first kappa shape index (κ1) is 17.3. The van der Waals surface area contributed by atoms with E-state index in [-0.39, 0.29) is 23.3 Å². The van der Waals surface area contributed by atoms with E-state index in [1.54, 1.807) is 12.1 Å². The molecule has 0 atom stereocenters. The van der Waals surface area contributed by atoms with Crippen LogP contribution < -0.4 is 16.4 Å². The molecule has 3 N–H and O–H groups in total. The van der Waals surface area contributed by atoms with Crippen LogP contribution in [-0.2, 0) is 6.54 Å². The van der Waals surface area contributed by atoms with Crippen molar-refractivity contribution in [3.63, 3.8) is 0 Å². The Morgan fingerprint density at radius 3 is 2.46 bits per heavy atom. The van der Waals surface area contributed by atoms with E-state index < -0.39 is 23.3 Å². The van der Waals surface area contributed by atoms with E-state index in [0.29, 0.717) is 10.9 Å². The second-order valence-electron chi connectivity index (χ2n) is 5.45. The van der Waals surface area contributed by atoms with Crippen molar-refractivity contribution in [2.24, 2.45) is 0 Å². The summed E-state index contributed by atoms with van der Waals surface area (Å²) in [6.45, 7) is 0.112. The van der Waals surface area contributed by atoms with Gasteiger partial charge in [0.25, 0.3) is 11.8 Å². The van der Waals surface area contributed by atoms with Crippen molar-refractivity contribution in [2.45, 2.75) is 6.54 Å². The van der Waals surface area contributed by atoms with Crippen LogP contribution in [-0.4, -0.2) is 17.0 Å². The second-order valence-corrected chi connectivity index (χ2v) is 5.45. The van der Waals surface area contributed by atoms with Crippen molar-refractivity contribution in [3.05, 3.63) is 81.5 Å². The lowest BCUT2D eigenvalue weighted by atomic mass is 10.1. The van der Waals surface area contributed by atoms with Gasteiger partial charge in [-0.15, -0.1) is 0 Å². The Morgan fingerprint density at radius 1 is 1.04 bits per heavy atom. The summed E-state index contributed by atoms with van der Waals surface area (Å²) in [6.07, 6.45) is 0. The van der Waals surface area contributed by atoms with Gasteiger partial charge in [0, 0.05) is 23.6 Å². The zero-order valence-corrected chi connectivity index (χ0v) is 13.3. The lowest BCUT2D eigenvalue weighted by Crippen LogP contribution is -2.27. The Bertz CT molecular complexity index is 1040. The molecule has 2 aromatic carbocycles. The fourth-order valence-corrected chi connectivity index (χ4v) is 2.36. The SMILES string of the molecule is O=C(NO)c1ccc(CNC(=O)c2cc3ccc(F)cc3oc2=O)cc1. The van der Waals surface area contributed by atoms with Crippen LogP contribution >= 0.6 is 0 Å². The van der Waals surface area contributed by atoms with Crippen LogP contribution in [0.4, 0.5) is 4.39 Å². The molecule has 3 aromatic rings. The van der Waals surface area contributed by atoms with E-state index in [1.165, 1.54) is 35.8 Å². The number of nitrogens with one attached hydrogen (secondary N) is 2. The van der Waals surface area contributed by atoms with Gasteiger partial charge in [-0.05, 0) is 35.9 Å². The average molecular weight is 356 g/mol. The van der Waals surface area contributed by atoms with Gasteiger partial charge in [0.05, 0.1) is 0 Å². The molecule has 0 saturated carbocycles. The molecule has 1 heterocycles. The molecule has 7 nitrogen and oxygen atoms in total. The van der Waals surface area contributed by atoms with Crippen molar-refractivity contribution >= 4 is 22.8 Å². The smallest absolute Gasteiger partial charge is 0.349 e. The van der Waals surface area contributed by atoms with E-state index in [2.05, 4.69) is 5.32 Å². The van der Waals surface area contributed by atoms with Gasteiger partial charge >= 0.3 is 5.63 Å². The van der Waals surface area contributed by atoms with Gasteiger partial charge in [0.15, 0.2) is 0 Å². The maximum absolute atomic E-state index is 13.2. The maximum Gasteiger partial charge on any atom is 0.349 e. The molecule has 2 amide bonds. The first-order valence-corrected chi connectivity index (χ1v) is 7.53. The highest BCUT2D eigenvalue weighted by Crippen LogP contribution is 2.15. The molecule has 26 heavy (non-hydrogen) atoms. The van der Waals surface area contributed by atoms with Gasteiger partial charge < -0.3 is 9.73 Å². The third-order valence-electron chi connectivity index (χ3n) is 3.71. The summed E-state index contributed by atoms with van der Waals surface area (Å²) >= 11 is 0. The number of benzene rings is 2. The monoisotopic (exact) mass is 356 g/mol. The summed E-state index contributed by atoms with van der Waals surface area (Å²) in [5.41, 5.74) is 1.45. The first-order chi connectivity index (χ1) is 12.5. The normalized spacial score (nSPS) is 10.5. The molecule has 0 radical (unpaired) electrons. The standard InChI is InChI=1S/C18H13FN2O5/c19-13-6-5-12-7-14(18(24)26-15(12)8-13)17(23)20-9-10-1-3-11(4-2-10)16(22)21-25/h1-8,25H,9H2,(H,20,23)(H,21,22). The van der Waals surface area contributed by atoms with E-state index in [4.69, 9.17) is 9.62 Å². The number of carbonyl (C=O) groups excluding carboxylic acids is 2. The third-order valence-corrected chi connectivity index (χ3v) is 3.71. The third kappa shape index (κ3) is 3.60. The van der Waals surface area contributed by atoms with E-state index in [9.17, 15) is 18.8 Å². The van der Waals surface area contributed by atoms with Gasteiger partial charge in [-0.1, -0.05) is 12.1 Å². The Labute approximate surface area is 146 Å². The number of hydrogen-bond acceptors (Lipinski definition) is 5. The van der Waals surface area contributed by atoms with E-state index in [1.807, 2.05) is 0 Å². The van der Waals surface area contributed by atoms with Crippen LogP contribution in [0.25, 0.3) is 11.0 Å². The molecule has 0 aliphatic carbocycles. The lowest BCUT2D eigenvalue weighted by Gasteiger charge is -2.06. The number of rotatable bonds is 4. The minimum Gasteiger partial charge on any atom is -0.422 e. The highest BCUT2D eigenvalue weighted by atomic mass is 19.1. The van der Waals surface area contributed by atoms with Gasteiger partial charge in [0.2, 0.25) is 0 Å². The zero-order valence-electron chi connectivity index (χ0n) is 13.3. The second kappa shape index (κ2) is 7.16. The van der Waals surface area contributed by atoms with Crippen molar-refractivity contribution in [2.75, 3.05) is 0 Å². The Morgan fingerprint density at radius 2 is 1.77 bits per heavy atom. The maximum atomic E-state index is 13.2. The molecule has 0 spiro atoms. The molecule has 0 unspecified atom stereocenters. The van der Waals surface area contributed by atoms with Gasteiger partial charge in [-0.25, -0.2) is 14.7 Å². The van der Waals surface area contributed by atoms with E-state index in [0.717, 1.165) is 6.07 Å². The fraction of sp³-hybridized carbons (Fsp3) is 0.0556. The molecule has 0 aliphatic heterocycles. The first-order valence-electron chi connectivity index (χ1n) is 7.53. The number of hydrogen-bond donors (Lipinski definition) is 3. The minimum absolute atomic E-state index is 0.0595. The van der Waals surface area contributed by atoms with Crippen LogP contribution in [0.1, 0.15) is 26.3 Å². The van der Waals surface area contributed by atoms with Crippen LogP contribution in [0.15, 0.2) is 57.7 Å². The predicted octanol–water partition coefficient (Wildman–Crippen LogP) is 1.98. The molecule has 8 heteroatoms. The van der Waals surface area contributed by atoms with Gasteiger partial charge in [-0.2, -0.15) is 0 Å². The van der Waals surface area contributed by atoms with Gasteiger partial charge in [0.1, 0.15) is 17.0 Å². The molecule has 132 valence electrons. The lowest BCUT2D eigenvalue weighted by molar-refractivity contribution is 0.0706. The number of hydroxylamine groups is 1. The molecule has 1 aromatic heterocycles. The largest absolute Gasteiger partial charge is 0.422 e. The summed E-state index contributed by atoms with van der Waals surface area (Å²) in [7, 11) is 0. The molecule has 0 saturated heterocycles. The van der Waals surface area contributed by atoms with Crippen LogP contribution in [0, 0.1) is 5.82 Å². The molecule has 0 aliphatic rings. The average Bonchev–Trinajstić information content (AvgIpc) is 2.65. The molecular formula is C18H13FN2O5. The summed E-state index contributed by atoms with van der Waals surface area (Å²) in [5.74, 6) is -1.83. The molecule has 3 rings (SSSR count). The number of halogens is 1. The quantitative estimate of drug-likeness (QED) is 0.376. The Balaban J connectivity index is 1.75. The number of fused-ring (bicyclic) bond motifs is 1. The highest BCUT2D eigenvalue weighted by Gasteiger charge is 2.14. The van der Waals surface area contributed by atoms with Crippen molar-refractivity contribution < 1.29 is 23.6 Å². The summed E-state index contributed by atoms with van der Waals surface area (Å²) < 4.78 is 18.1. The molecule has 0 fully saturated rings. The highest BCUT2D eigenvalue weighted by molar-refractivity contribution is 5.96. The molecular weight excluding hydrogens is 343 g/mol. The Kier molecular flexibility index (Phi) is 4.76. The summed E-state index contributed by atoms with van der Waals surface area (Å²) in [6, 6.07) is 11.2. The minimum atomic E-state index is -0.865. The van der Waals surface area contributed by atoms with Crippen molar-refractivity contribution in [1.29, 1.82) is 0 Å². The van der Waals surface area contributed by atoms with Crippen molar-refractivity contribution in [1.82, 2.24) is 10.8 Å². The van der Waals surface area contributed by atoms with E-state index >= 15 is 0 Å². The fourth-order valence-electron chi connectivity index (χ4n) is 2.36. The van der Waals surface area contributed by atoms with Crippen molar-refractivity contribution in [3.8, 4) is 0 Å². The van der Waals surface area contributed by atoms with Crippen LogP contribution in [0.5, 0.6) is 0 Å². The molecule has 0 bridgehead atoms.